The maximum Gasteiger partial charge on any atom is 0.330 e. The molecule has 124 valence electrons. The molecule has 0 radical (unpaired) electrons. The predicted molar refractivity (Wildman–Crippen MR) is 74.8 cm³/mol. The maximum atomic E-state index is 11.8. The van der Waals surface area contributed by atoms with Gasteiger partial charge in [-0.15, -0.1) is 23.2 Å². The van der Waals surface area contributed by atoms with Gasteiger partial charge in [0.2, 0.25) is 0 Å². The topological polar surface area (TPSA) is 145 Å². The van der Waals surface area contributed by atoms with Crippen molar-refractivity contribution in [3.8, 4) is 0 Å². The first-order chi connectivity index (χ1) is 10.3. The number of hydrogen-bond acceptors (Lipinski definition) is 7. The van der Waals surface area contributed by atoms with E-state index in [0.29, 0.717) is 0 Å². The van der Waals surface area contributed by atoms with Crippen LogP contribution in [-0.2, 0) is 4.74 Å². The Labute approximate surface area is 133 Å². The quantitative estimate of drug-likeness (QED) is 0.391. The summed E-state index contributed by atoms with van der Waals surface area (Å²) < 4.78 is 5.96. The van der Waals surface area contributed by atoms with Crippen LogP contribution in [0.15, 0.2) is 15.8 Å². The van der Waals surface area contributed by atoms with Crippen LogP contribution in [0.1, 0.15) is 17.9 Å². The minimum absolute atomic E-state index is 0.313. The highest BCUT2D eigenvalue weighted by Crippen LogP contribution is 2.29. The Balaban J connectivity index is 2.46. The van der Waals surface area contributed by atoms with E-state index < -0.39 is 53.3 Å². The summed E-state index contributed by atoms with van der Waals surface area (Å²) in [6, 6.07) is 0. The molecule has 1 unspecified atom stereocenters. The van der Waals surface area contributed by atoms with Crippen molar-refractivity contribution in [3.63, 3.8) is 0 Å². The first-order valence-corrected chi connectivity index (χ1v) is 7.09. The number of aliphatic hydroxyl groups excluding tert-OH is 4. The van der Waals surface area contributed by atoms with E-state index in [1.807, 2.05) is 4.98 Å². The lowest BCUT2D eigenvalue weighted by atomic mass is 10.1. The highest BCUT2D eigenvalue weighted by molar-refractivity contribution is 6.44. The van der Waals surface area contributed by atoms with Crippen molar-refractivity contribution in [2.24, 2.45) is 0 Å². The van der Waals surface area contributed by atoms with E-state index in [2.05, 4.69) is 0 Å². The molecule has 11 heteroatoms. The Bertz CT molecular complexity index is 646. The highest BCUT2D eigenvalue weighted by Gasteiger charge is 2.44. The third kappa shape index (κ3) is 3.06. The third-order valence-electron chi connectivity index (χ3n) is 3.34. The van der Waals surface area contributed by atoms with Gasteiger partial charge in [0.1, 0.15) is 29.3 Å². The monoisotopic (exact) mass is 356 g/mol. The second-order valence-corrected chi connectivity index (χ2v) is 5.92. The Morgan fingerprint density at radius 1 is 1.32 bits per heavy atom. The summed E-state index contributed by atoms with van der Waals surface area (Å²) in [6.45, 7) is -0.576. The summed E-state index contributed by atoms with van der Waals surface area (Å²) in [5, 5.41) is 38.4. The summed E-state index contributed by atoms with van der Waals surface area (Å²) in [7, 11) is 0. The van der Waals surface area contributed by atoms with Gasteiger partial charge in [-0.05, 0) is 0 Å². The van der Waals surface area contributed by atoms with Crippen LogP contribution in [0.5, 0.6) is 0 Å². The maximum absolute atomic E-state index is 11.8. The van der Waals surface area contributed by atoms with Crippen molar-refractivity contribution >= 4 is 23.2 Å². The van der Waals surface area contributed by atoms with Crippen LogP contribution in [0.3, 0.4) is 0 Å². The molecule has 0 bridgehead atoms. The van der Waals surface area contributed by atoms with Crippen LogP contribution < -0.4 is 11.2 Å². The van der Waals surface area contributed by atoms with Crippen molar-refractivity contribution in [3.05, 3.63) is 32.6 Å². The number of H-pyrrole nitrogens is 1. The molecule has 9 nitrogen and oxygen atoms in total. The fourth-order valence-corrected chi connectivity index (χ4v) is 2.42. The molecule has 2 heterocycles. The van der Waals surface area contributed by atoms with Gasteiger partial charge in [-0.1, -0.05) is 0 Å². The molecule has 1 aliphatic heterocycles. The number of hydrogen-bond donors (Lipinski definition) is 5. The molecule has 1 saturated heterocycles. The van der Waals surface area contributed by atoms with Crippen LogP contribution in [0, 0.1) is 0 Å². The molecule has 1 aromatic rings. The van der Waals surface area contributed by atoms with Crippen molar-refractivity contribution in [2.45, 2.75) is 35.5 Å². The predicted octanol–water partition coefficient (Wildman–Crippen LogP) is -2.01. The van der Waals surface area contributed by atoms with E-state index in [1.165, 1.54) is 0 Å². The summed E-state index contributed by atoms with van der Waals surface area (Å²) in [6.07, 6.45) is -6.03. The fourth-order valence-electron chi connectivity index (χ4n) is 2.15. The molecule has 5 N–H and O–H groups in total. The van der Waals surface area contributed by atoms with Gasteiger partial charge in [-0.25, -0.2) is 4.79 Å². The van der Waals surface area contributed by atoms with Crippen LogP contribution in [0.4, 0.5) is 0 Å². The van der Waals surface area contributed by atoms with Crippen molar-refractivity contribution in [1.29, 1.82) is 0 Å². The second-order valence-electron chi connectivity index (χ2n) is 4.76. The van der Waals surface area contributed by atoms with Gasteiger partial charge >= 0.3 is 5.69 Å². The number of ether oxygens (including phenoxy) is 1. The van der Waals surface area contributed by atoms with E-state index in [-0.39, 0.29) is 5.56 Å². The number of nitrogens with one attached hydrogen (secondary N) is 1. The standard InChI is InChI=1S/C11H14Cl2N2O7/c12-8(13)5(17)3-1-15(11(21)14-9(3)20)10-7(19)6(18)4(2-16)22-10/h1,4-8,10,16-19H,2H2,(H,14,20,21)/t4-,5?,6-,7+,10-/m1/s1. The lowest BCUT2D eigenvalue weighted by Gasteiger charge is -2.19. The first-order valence-electron chi connectivity index (χ1n) is 6.22. The molecule has 22 heavy (non-hydrogen) atoms. The van der Waals surface area contributed by atoms with E-state index in [9.17, 15) is 24.9 Å². The average Bonchev–Trinajstić information content (AvgIpc) is 2.74. The van der Waals surface area contributed by atoms with Crippen LogP contribution >= 0.6 is 23.2 Å². The van der Waals surface area contributed by atoms with Crippen molar-refractivity contribution < 1.29 is 25.2 Å². The Morgan fingerprint density at radius 2 is 1.95 bits per heavy atom. The highest BCUT2D eigenvalue weighted by atomic mass is 35.5. The minimum atomic E-state index is -1.57. The lowest BCUT2D eigenvalue weighted by molar-refractivity contribution is -0.0553. The Morgan fingerprint density at radius 3 is 2.45 bits per heavy atom. The minimum Gasteiger partial charge on any atom is -0.394 e. The number of halogens is 2. The number of aromatic amines is 1. The zero-order chi connectivity index (χ0) is 16.6. The van der Waals surface area contributed by atoms with E-state index in [4.69, 9.17) is 33.0 Å². The summed E-state index contributed by atoms with van der Waals surface area (Å²) >= 11 is 11.0. The zero-order valence-corrected chi connectivity index (χ0v) is 12.5. The molecular weight excluding hydrogens is 343 g/mol. The van der Waals surface area contributed by atoms with Gasteiger partial charge < -0.3 is 25.2 Å². The molecule has 1 fully saturated rings. The average molecular weight is 357 g/mol. The molecule has 1 aromatic heterocycles. The van der Waals surface area contributed by atoms with Gasteiger partial charge in [-0.2, -0.15) is 0 Å². The molecule has 0 amide bonds. The smallest absolute Gasteiger partial charge is 0.330 e. The summed E-state index contributed by atoms with van der Waals surface area (Å²) in [4.78, 5) is 24.1. The Kier molecular flexibility index (Phi) is 5.28. The normalized spacial score (nSPS) is 30.0. The largest absolute Gasteiger partial charge is 0.394 e. The Hall–Kier alpha value is -0.940. The number of nitrogens with zero attached hydrogens (tertiary/aromatic N) is 1. The van der Waals surface area contributed by atoms with Gasteiger partial charge in [0.05, 0.1) is 12.2 Å². The van der Waals surface area contributed by atoms with E-state index >= 15 is 0 Å². The molecule has 5 atom stereocenters. The van der Waals surface area contributed by atoms with Gasteiger partial charge in [0, 0.05) is 6.20 Å². The number of alkyl halides is 2. The lowest BCUT2D eigenvalue weighted by Crippen LogP contribution is -2.39. The van der Waals surface area contributed by atoms with E-state index in [0.717, 1.165) is 10.8 Å². The molecule has 0 spiro atoms. The van der Waals surface area contributed by atoms with Gasteiger partial charge in [0.25, 0.3) is 5.56 Å². The molecular formula is C11H14Cl2N2O7. The molecule has 0 saturated carbocycles. The zero-order valence-electron chi connectivity index (χ0n) is 11.0. The fraction of sp³-hybridized carbons (Fsp3) is 0.636. The summed E-state index contributed by atoms with van der Waals surface area (Å²) in [5.74, 6) is 0. The van der Waals surface area contributed by atoms with E-state index in [1.54, 1.807) is 0 Å². The second kappa shape index (κ2) is 6.67. The van der Waals surface area contributed by atoms with Crippen molar-refractivity contribution in [2.75, 3.05) is 6.61 Å². The van der Waals surface area contributed by atoms with Crippen molar-refractivity contribution in [1.82, 2.24) is 9.55 Å². The summed E-state index contributed by atoms with van der Waals surface area (Å²) in [5.41, 5.74) is -2.14. The number of aromatic nitrogens is 2. The van der Waals surface area contributed by atoms with Gasteiger partial charge in [0.15, 0.2) is 6.23 Å². The van der Waals surface area contributed by atoms with Crippen LogP contribution in [-0.4, -0.2) is 59.7 Å². The first kappa shape index (κ1) is 17.4. The third-order valence-corrected chi connectivity index (χ3v) is 3.82. The SMILES string of the molecule is O=c1[nH]c(=O)n([C@@H]2O[C@H](CO)[C@@H](O)[C@@H]2O)cc1C(O)C(Cl)Cl. The van der Waals surface area contributed by atoms with Gasteiger partial charge in [-0.3, -0.25) is 14.3 Å². The molecule has 1 aliphatic rings. The number of rotatable bonds is 4. The van der Waals surface area contributed by atoms with Crippen LogP contribution in [0.25, 0.3) is 0 Å². The molecule has 2 rings (SSSR count). The molecule has 0 aliphatic carbocycles. The number of aliphatic hydroxyl groups is 4. The molecule has 0 aromatic carbocycles. The van der Waals surface area contributed by atoms with Crippen LogP contribution in [0.2, 0.25) is 0 Å².